The summed E-state index contributed by atoms with van der Waals surface area (Å²) in [5.41, 5.74) is -0.657. The van der Waals surface area contributed by atoms with E-state index < -0.39 is 5.54 Å². The Kier molecular flexibility index (Phi) is 6.97. The number of nitriles is 1. The van der Waals surface area contributed by atoms with E-state index in [-0.39, 0.29) is 19.1 Å². The lowest BCUT2D eigenvalue weighted by Gasteiger charge is -2.30. The van der Waals surface area contributed by atoms with Gasteiger partial charge in [0.25, 0.3) is 0 Å². The Labute approximate surface area is 122 Å². The van der Waals surface area contributed by atoms with Gasteiger partial charge in [0.2, 0.25) is 5.91 Å². The number of hydrogen-bond acceptors (Lipinski definition) is 4. The third-order valence-corrected chi connectivity index (χ3v) is 4.24. The highest BCUT2D eigenvalue weighted by atomic mass is 16.3. The minimum Gasteiger partial charge on any atom is -0.395 e. The molecule has 0 heterocycles. The van der Waals surface area contributed by atoms with Gasteiger partial charge in [-0.25, -0.2) is 0 Å². The van der Waals surface area contributed by atoms with Crippen molar-refractivity contribution in [2.24, 2.45) is 0 Å². The maximum Gasteiger partial charge on any atom is 0.235 e. The molecule has 0 bridgehead atoms. The zero-order chi connectivity index (χ0) is 15.0. The summed E-state index contributed by atoms with van der Waals surface area (Å²) in [6.07, 6.45) is 5.41. The maximum absolute atomic E-state index is 12.2. The van der Waals surface area contributed by atoms with Crippen molar-refractivity contribution in [3.05, 3.63) is 0 Å². The first-order chi connectivity index (χ1) is 9.60. The predicted octanol–water partition coefficient (Wildman–Crippen LogP) is 1.42. The molecule has 0 atom stereocenters. The van der Waals surface area contributed by atoms with Crippen molar-refractivity contribution in [2.45, 2.75) is 64.0 Å². The Morgan fingerprint density at radius 1 is 1.40 bits per heavy atom. The molecular weight excluding hydrogens is 254 g/mol. The second kappa shape index (κ2) is 8.23. The molecule has 0 saturated heterocycles. The van der Waals surface area contributed by atoms with Gasteiger partial charge in [0, 0.05) is 12.6 Å². The van der Waals surface area contributed by atoms with Gasteiger partial charge in [0.05, 0.1) is 19.2 Å². The molecular formula is C15H27N3O2. The minimum absolute atomic E-state index is 0.0488. The fourth-order valence-electron chi connectivity index (χ4n) is 3.06. The predicted molar refractivity (Wildman–Crippen MR) is 78.0 cm³/mol. The topological polar surface area (TPSA) is 76.4 Å². The molecule has 0 aromatic carbocycles. The molecule has 0 spiro atoms. The number of hydrogen-bond donors (Lipinski definition) is 2. The summed E-state index contributed by atoms with van der Waals surface area (Å²) in [7, 11) is 0. The zero-order valence-electron chi connectivity index (χ0n) is 12.7. The lowest BCUT2D eigenvalue weighted by Crippen LogP contribution is -2.51. The van der Waals surface area contributed by atoms with E-state index in [4.69, 9.17) is 5.11 Å². The normalized spacial score (nSPS) is 17.4. The number of aliphatic hydroxyl groups excluding tert-OH is 1. The quantitative estimate of drug-likeness (QED) is 0.705. The van der Waals surface area contributed by atoms with E-state index in [0.29, 0.717) is 12.6 Å². The number of rotatable bonds is 8. The lowest BCUT2D eigenvalue weighted by molar-refractivity contribution is -0.124. The molecule has 5 nitrogen and oxygen atoms in total. The molecule has 0 aromatic heterocycles. The Balaban J connectivity index is 2.59. The lowest BCUT2D eigenvalue weighted by atomic mass is 10.00. The van der Waals surface area contributed by atoms with Gasteiger partial charge in [-0.1, -0.05) is 13.8 Å². The second-order valence-electron chi connectivity index (χ2n) is 5.61. The second-order valence-corrected chi connectivity index (χ2v) is 5.61. The van der Waals surface area contributed by atoms with Crippen LogP contribution in [0.3, 0.4) is 0 Å². The number of nitrogens with zero attached hydrogens (tertiary/aromatic N) is 2. The van der Waals surface area contributed by atoms with Crippen LogP contribution in [0, 0.1) is 11.3 Å². The highest BCUT2D eigenvalue weighted by molar-refractivity contribution is 5.79. The molecule has 0 unspecified atom stereocenters. The number of carbonyl (C=O) groups excluding carboxylic acids is 1. The van der Waals surface area contributed by atoms with Crippen LogP contribution in [0.5, 0.6) is 0 Å². The first-order valence-electron chi connectivity index (χ1n) is 7.68. The molecule has 0 aliphatic heterocycles. The molecule has 1 fully saturated rings. The summed E-state index contributed by atoms with van der Waals surface area (Å²) in [4.78, 5) is 14.2. The van der Waals surface area contributed by atoms with Gasteiger partial charge in [-0.05, 0) is 38.5 Å². The molecule has 1 aliphatic carbocycles. The van der Waals surface area contributed by atoms with Crippen LogP contribution in [0.25, 0.3) is 0 Å². The first-order valence-corrected chi connectivity index (χ1v) is 7.68. The van der Waals surface area contributed by atoms with Crippen molar-refractivity contribution in [1.29, 1.82) is 5.26 Å². The number of carbonyl (C=O) groups is 1. The minimum atomic E-state index is -0.657. The van der Waals surface area contributed by atoms with E-state index in [1.165, 1.54) is 0 Å². The van der Waals surface area contributed by atoms with Crippen molar-refractivity contribution < 1.29 is 9.90 Å². The summed E-state index contributed by atoms with van der Waals surface area (Å²) < 4.78 is 0. The molecule has 1 rings (SSSR count). The zero-order valence-corrected chi connectivity index (χ0v) is 12.7. The number of amides is 1. The van der Waals surface area contributed by atoms with E-state index in [9.17, 15) is 10.1 Å². The Morgan fingerprint density at radius 3 is 2.45 bits per heavy atom. The number of nitrogens with one attached hydrogen (secondary N) is 1. The van der Waals surface area contributed by atoms with E-state index in [1.807, 2.05) is 4.90 Å². The molecule has 0 radical (unpaired) electrons. The van der Waals surface area contributed by atoms with Crippen LogP contribution in [-0.4, -0.2) is 47.2 Å². The largest absolute Gasteiger partial charge is 0.395 e. The van der Waals surface area contributed by atoms with Crippen LogP contribution in [0.1, 0.15) is 52.4 Å². The summed E-state index contributed by atoms with van der Waals surface area (Å²) in [6.45, 7) is 4.98. The van der Waals surface area contributed by atoms with Crippen molar-refractivity contribution in [3.8, 4) is 6.07 Å². The van der Waals surface area contributed by atoms with Gasteiger partial charge in [-0.3, -0.25) is 9.69 Å². The third-order valence-electron chi connectivity index (χ3n) is 4.24. The van der Waals surface area contributed by atoms with Crippen LogP contribution in [0.4, 0.5) is 0 Å². The average Bonchev–Trinajstić information content (AvgIpc) is 2.89. The average molecular weight is 281 g/mol. The first kappa shape index (κ1) is 16.9. The molecule has 2 N–H and O–H groups in total. The molecule has 114 valence electrons. The smallest absolute Gasteiger partial charge is 0.235 e. The molecule has 1 amide bonds. The van der Waals surface area contributed by atoms with Crippen LogP contribution < -0.4 is 5.32 Å². The van der Waals surface area contributed by atoms with Gasteiger partial charge >= 0.3 is 0 Å². The van der Waals surface area contributed by atoms with Crippen LogP contribution in [-0.2, 0) is 4.79 Å². The van der Waals surface area contributed by atoms with E-state index in [2.05, 4.69) is 25.2 Å². The Hall–Kier alpha value is -1.12. The summed E-state index contributed by atoms with van der Waals surface area (Å²) >= 11 is 0. The third kappa shape index (κ3) is 4.46. The number of aliphatic hydroxyl groups is 1. The highest BCUT2D eigenvalue weighted by Crippen LogP contribution is 2.28. The summed E-state index contributed by atoms with van der Waals surface area (Å²) in [5, 5.41) is 21.3. The monoisotopic (exact) mass is 281 g/mol. The van der Waals surface area contributed by atoms with E-state index in [0.717, 1.165) is 38.5 Å². The van der Waals surface area contributed by atoms with Gasteiger partial charge in [-0.2, -0.15) is 5.26 Å². The fraction of sp³-hybridized carbons (Fsp3) is 0.867. The summed E-state index contributed by atoms with van der Waals surface area (Å²) in [6, 6.07) is 2.57. The Bertz CT molecular complexity index is 342. The van der Waals surface area contributed by atoms with Crippen molar-refractivity contribution >= 4 is 5.91 Å². The van der Waals surface area contributed by atoms with Crippen LogP contribution in [0.15, 0.2) is 0 Å². The fourth-order valence-corrected chi connectivity index (χ4v) is 3.06. The van der Waals surface area contributed by atoms with E-state index in [1.54, 1.807) is 0 Å². The molecule has 20 heavy (non-hydrogen) atoms. The molecule has 5 heteroatoms. The van der Waals surface area contributed by atoms with E-state index >= 15 is 0 Å². The standard InChI is InChI=1S/C15H27N3O2/c1-3-13(4-2)18(9-10-19)11-14(20)17-15(12-16)7-5-6-8-15/h13,19H,3-11H2,1-2H3,(H,17,20). The van der Waals surface area contributed by atoms with Crippen molar-refractivity contribution in [2.75, 3.05) is 19.7 Å². The Morgan fingerprint density at radius 2 is 2.00 bits per heavy atom. The molecule has 1 saturated carbocycles. The molecule has 1 aliphatic rings. The highest BCUT2D eigenvalue weighted by Gasteiger charge is 2.35. The van der Waals surface area contributed by atoms with Gasteiger partial charge in [0.1, 0.15) is 5.54 Å². The van der Waals surface area contributed by atoms with Gasteiger partial charge in [0.15, 0.2) is 0 Å². The van der Waals surface area contributed by atoms with Gasteiger partial charge < -0.3 is 10.4 Å². The van der Waals surface area contributed by atoms with Gasteiger partial charge in [-0.15, -0.1) is 0 Å². The summed E-state index contributed by atoms with van der Waals surface area (Å²) in [5.74, 6) is -0.103. The van der Waals surface area contributed by atoms with Crippen molar-refractivity contribution in [1.82, 2.24) is 10.2 Å². The maximum atomic E-state index is 12.2. The van der Waals surface area contributed by atoms with Crippen LogP contribution >= 0.6 is 0 Å². The van der Waals surface area contributed by atoms with Crippen LogP contribution in [0.2, 0.25) is 0 Å². The van der Waals surface area contributed by atoms with Crippen molar-refractivity contribution in [3.63, 3.8) is 0 Å². The molecule has 0 aromatic rings. The SMILES string of the molecule is CCC(CC)N(CCO)CC(=O)NC1(C#N)CCCC1.